The van der Waals surface area contributed by atoms with E-state index in [9.17, 15) is 18.0 Å². The molecule has 2 aliphatic rings. The highest BCUT2D eigenvalue weighted by molar-refractivity contribution is 8.19. The molecular weight excluding hydrogens is 520 g/mol. The van der Waals surface area contributed by atoms with Crippen LogP contribution in [-0.2, 0) is 28.9 Å². The van der Waals surface area contributed by atoms with Gasteiger partial charge in [0.2, 0.25) is 9.84 Å². The first-order valence-electron chi connectivity index (χ1n) is 12.2. The number of sulfone groups is 1. The number of benzene rings is 2. The van der Waals surface area contributed by atoms with Crippen LogP contribution in [0.2, 0.25) is 0 Å². The first kappa shape index (κ1) is 27.8. The molecule has 2 heterocycles. The molecule has 0 N–H and O–H groups in total. The number of carbonyl (C=O) groups is 2. The highest BCUT2D eigenvalue weighted by Gasteiger charge is 2.45. The normalized spacial score (nSPS) is 20.0. The van der Waals surface area contributed by atoms with E-state index in [2.05, 4.69) is 10.2 Å². The highest BCUT2D eigenvalue weighted by atomic mass is 32.2. The van der Waals surface area contributed by atoms with Gasteiger partial charge in [0, 0.05) is 23.5 Å². The van der Waals surface area contributed by atoms with Crippen molar-refractivity contribution in [3.05, 3.63) is 95.3 Å². The van der Waals surface area contributed by atoms with Gasteiger partial charge in [0.15, 0.2) is 10.1 Å². The molecule has 0 aromatic heterocycles. The largest absolute Gasteiger partial charge is 0.466 e. The van der Waals surface area contributed by atoms with Crippen LogP contribution in [0.15, 0.2) is 94.4 Å². The van der Waals surface area contributed by atoms with Crippen LogP contribution in [-0.4, -0.2) is 67.8 Å². The molecule has 39 heavy (non-hydrogen) atoms. The summed E-state index contributed by atoms with van der Waals surface area (Å²) >= 11 is 0. The summed E-state index contributed by atoms with van der Waals surface area (Å²) < 4.78 is 38.2. The standard InChI is InChI=1S/C28H30N4O6S/c1-19(15-25(33)37-3)31-17-23(21-11-7-5-8-12-21)27(29-31)39(35,36)28-24(22-13-9-6-10-14-22)18-32(30-28)20(2)16-26(34)38-4/h5-16,23-24H,17-18H2,1-4H3/b19-15+,20-16+. The summed E-state index contributed by atoms with van der Waals surface area (Å²) in [5.74, 6) is -2.33. The minimum absolute atomic E-state index is 0.0672. The molecule has 0 spiro atoms. The molecular formula is C28H30N4O6S. The van der Waals surface area contributed by atoms with Gasteiger partial charge in [0.05, 0.1) is 39.1 Å². The Morgan fingerprint density at radius 1 is 0.744 bits per heavy atom. The molecule has 2 unspecified atom stereocenters. The Morgan fingerprint density at radius 3 is 1.44 bits per heavy atom. The van der Waals surface area contributed by atoms with E-state index in [0.717, 1.165) is 11.1 Å². The van der Waals surface area contributed by atoms with E-state index in [0.29, 0.717) is 11.4 Å². The van der Waals surface area contributed by atoms with Gasteiger partial charge in [-0.15, -0.1) is 0 Å². The van der Waals surface area contributed by atoms with E-state index in [4.69, 9.17) is 9.47 Å². The third-order valence-electron chi connectivity index (χ3n) is 6.57. The quantitative estimate of drug-likeness (QED) is 0.397. The van der Waals surface area contributed by atoms with E-state index >= 15 is 0 Å². The summed E-state index contributed by atoms with van der Waals surface area (Å²) in [6.07, 6.45) is 2.54. The molecule has 2 aromatic carbocycles. The fourth-order valence-corrected chi connectivity index (χ4v) is 6.27. The van der Waals surface area contributed by atoms with Crippen LogP contribution >= 0.6 is 0 Å². The zero-order valence-electron chi connectivity index (χ0n) is 22.1. The molecule has 0 bridgehead atoms. The SMILES string of the molecule is COC(=O)/C=C(\C)N1CC(c2ccccc2)C(S(=O)(=O)C2=NN(/C(C)=C/C(=O)OC)CC2c2ccccc2)=N1. The summed E-state index contributed by atoms with van der Waals surface area (Å²) in [5.41, 5.74) is 2.42. The number of hydrogen-bond donors (Lipinski definition) is 0. The smallest absolute Gasteiger partial charge is 0.332 e. The fourth-order valence-electron chi connectivity index (χ4n) is 4.47. The van der Waals surface area contributed by atoms with Crippen LogP contribution in [0.25, 0.3) is 0 Å². The van der Waals surface area contributed by atoms with Crippen molar-refractivity contribution in [1.82, 2.24) is 10.0 Å². The van der Waals surface area contributed by atoms with Gasteiger partial charge in [-0.2, -0.15) is 10.2 Å². The van der Waals surface area contributed by atoms with Gasteiger partial charge < -0.3 is 9.47 Å². The van der Waals surface area contributed by atoms with E-state index in [1.807, 2.05) is 60.7 Å². The van der Waals surface area contributed by atoms with Crippen molar-refractivity contribution in [2.75, 3.05) is 27.3 Å². The van der Waals surface area contributed by atoms with Crippen molar-refractivity contribution < 1.29 is 27.5 Å². The lowest BCUT2D eigenvalue weighted by atomic mass is 10.0. The highest BCUT2D eigenvalue weighted by Crippen LogP contribution is 2.36. The molecule has 4 rings (SSSR count). The van der Waals surface area contributed by atoms with Crippen LogP contribution < -0.4 is 0 Å². The third-order valence-corrected chi connectivity index (χ3v) is 8.40. The number of allylic oxidation sites excluding steroid dienone is 2. The van der Waals surface area contributed by atoms with E-state index in [1.54, 1.807) is 13.8 Å². The van der Waals surface area contributed by atoms with Crippen molar-refractivity contribution in [3.63, 3.8) is 0 Å². The van der Waals surface area contributed by atoms with Crippen LogP contribution in [0.1, 0.15) is 36.8 Å². The molecule has 0 saturated carbocycles. The maximum absolute atomic E-state index is 14.4. The lowest BCUT2D eigenvalue weighted by Crippen LogP contribution is -2.31. The fraction of sp³-hybridized carbons (Fsp3) is 0.286. The van der Waals surface area contributed by atoms with Gasteiger partial charge in [-0.3, -0.25) is 10.0 Å². The van der Waals surface area contributed by atoms with Gasteiger partial charge in [-0.1, -0.05) is 60.7 Å². The average Bonchev–Trinajstić information content (AvgIpc) is 3.61. The summed E-state index contributed by atoms with van der Waals surface area (Å²) in [4.78, 5) is 23.7. The predicted molar refractivity (Wildman–Crippen MR) is 147 cm³/mol. The third kappa shape index (κ3) is 5.93. The number of carbonyl (C=O) groups excluding carboxylic acids is 2. The first-order valence-corrected chi connectivity index (χ1v) is 13.7. The molecule has 2 atom stereocenters. The molecule has 0 fully saturated rings. The number of rotatable bonds is 6. The minimum Gasteiger partial charge on any atom is -0.466 e. The van der Waals surface area contributed by atoms with Crippen molar-refractivity contribution in [1.29, 1.82) is 0 Å². The summed E-state index contributed by atoms with van der Waals surface area (Å²) in [5, 5.41) is 11.9. The van der Waals surface area contributed by atoms with Gasteiger partial charge in [-0.05, 0) is 25.0 Å². The summed E-state index contributed by atoms with van der Waals surface area (Å²) in [6, 6.07) is 18.4. The second-order valence-corrected chi connectivity index (χ2v) is 10.9. The first-order chi connectivity index (χ1) is 18.6. The lowest BCUT2D eigenvalue weighted by Gasteiger charge is -2.18. The Bertz CT molecular complexity index is 1360. The van der Waals surface area contributed by atoms with Crippen molar-refractivity contribution in [2.45, 2.75) is 25.7 Å². The van der Waals surface area contributed by atoms with Crippen molar-refractivity contribution in [2.24, 2.45) is 10.2 Å². The van der Waals surface area contributed by atoms with E-state index in [1.165, 1.54) is 36.4 Å². The molecule has 2 aliphatic heterocycles. The topological polar surface area (TPSA) is 118 Å². The predicted octanol–water partition coefficient (Wildman–Crippen LogP) is 3.38. The van der Waals surface area contributed by atoms with Gasteiger partial charge >= 0.3 is 11.9 Å². The Hall–Kier alpha value is -4.25. The van der Waals surface area contributed by atoms with Crippen molar-refractivity contribution in [3.8, 4) is 0 Å². The number of methoxy groups -OCH3 is 2. The average molecular weight is 551 g/mol. The molecule has 2 aromatic rings. The van der Waals surface area contributed by atoms with Crippen LogP contribution in [0.3, 0.4) is 0 Å². The molecule has 0 saturated heterocycles. The van der Waals surface area contributed by atoms with Gasteiger partial charge in [0.1, 0.15) is 0 Å². The zero-order chi connectivity index (χ0) is 28.2. The molecule has 0 radical (unpaired) electrons. The summed E-state index contributed by atoms with van der Waals surface area (Å²) in [7, 11) is -1.66. The Labute approximate surface area is 227 Å². The molecule has 11 heteroatoms. The van der Waals surface area contributed by atoms with E-state index in [-0.39, 0.29) is 23.2 Å². The number of esters is 2. The van der Waals surface area contributed by atoms with E-state index < -0.39 is 33.6 Å². The molecule has 10 nitrogen and oxygen atoms in total. The number of nitrogens with zero attached hydrogens (tertiary/aromatic N) is 4. The van der Waals surface area contributed by atoms with Crippen molar-refractivity contribution >= 4 is 31.9 Å². The lowest BCUT2D eigenvalue weighted by molar-refractivity contribution is -0.135. The van der Waals surface area contributed by atoms with Gasteiger partial charge in [0.25, 0.3) is 0 Å². The number of hydrogen-bond acceptors (Lipinski definition) is 10. The molecule has 0 amide bonds. The Morgan fingerprint density at radius 2 is 1.10 bits per heavy atom. The second-order valence-electron chi connectivity index (χ2n) is 9.09. The maximum Gasteiger partial charge on any atom is 0.332 e. The molecule has 204 valence electrons. The maximum atomic E-state index is 14.4. The van der Waals surface area contributed by atoms with Crippen LogP contribution in [0.4, 0.5) is 0 Å². The number of hydrazone groups is 2. The second kappa shape index (κ2) is 11.6. The Kier molecular flexibility index (Phi) is 8.29. The monoisotopic (exact) mass is 550 g/mol. The Balaban J connectivity index is 1.82. The van der Waals surface area contributed by atoms with Crippen LogP contribution in [0, 0.1) is 0 Å². The zero-order valence-corrected chi connectivity index (χ0v) is 23.0. The van der Waals surface area contributed by atoms with Crippen LogP contribution in [0.5, 0.6) is 0 Å². The number of ether oxygens (including phenoxy) is 2. The molecule has 0 aliphatic carbocycles. The summed E-state index contributed by atoms with van der Waals surface area (Å²) in [6.45, 7) is 3.76. The minimum atomic E-state index is -4.20. The van der Waals surface area contributed by atoms with Gasteiger partial charge in [-0.25, -0.2) is 18.0 Å².